The molecule has 0 unspecified atom stereocenters. The SMILES string of the molecule is Cl.O=C(CSCC(=O)N1CCNCC1)Nc1cccc(Br)c1. The Hall–Kier alpha value is -0.760. The molecule has 2 rings (SSSR count). The van der Waals surface area contributed by atoms with E-state index < -0.39 is 0 Å². The molecule has 5 nitrogen and oxygen atoms in total. The topological polar surface area (TPSA) is 61.4 Å². The van der Waals surface area contributed by atoms with Crippen LogP contribution < -0.4 is 10.6 Å². The third kappa shape index (κ3) is 6.56. The van der Waals surface area contributed by atoms with Crippen LogP contribution in [0.1, 0.15) is 0 Å². The van der Waals surface area contributed by atoms with Crippen LogP contribution in [-0.2, 0) is 9.59 Å². The Morgan fingerprint density at radius 3 is 2.68 bits per heavy atom. The monoisotopic (exact) mass is 407 g/mol. The van der Waals surface area contributed by atoms with Gasteiger partial charge in [-0.05, 0) is 18.2 Å². The Kier molecular flexibility index (Phi) is 8.85. The average molecular weight is 409 g/mol. The molecule has 0 bridgehead atoms. The van der Waals surface area contributed by atoms with Crippen LogP contribution in [0.5, 0.6) is 0 Å². The van der Waals surface area contributed by atoms with E-state index in [-0.39, 0.29) is 30.0 Å². The summed E-state index contributed by atoms with van der Waals surface area (Å²) < 4.78 is 0.918. The Balaban J connectivity index is 0.00000242. The fraction of sp³-hybridized carbons (Fsp3) is 0.429. The molecule has 1 fully saturated rings. The largest absolute Gasteiger partial charge is 0.339 e. The van der Waals surface area contributed by atoms with Gasteiger partial charge in [0.1, 0.15) is 0 Å². The van der Waals surface area contributed by atoms with Gasteiger partial charge in [0, 0.05) is 36.3 Å². The number of thioether (sulfide) groups is 1. The van der Waals surface area contributed by atoms with Crippen LogP contribution in [0.25, 0.3) is 0 Å². The second-order valence-electron chi connectivity index (χ2n) is 4.68. The minimum absolute atomic E-state index is 0. The predicted octanol–water partition coefficient (Wildman–Crippen LogP) is 1.97. The molecule has 0 aromatic heterocycles. The quantitative estimate of drug-likeness (QED) is 0.782. The number of nitrogens with one attached hydrogen (secondary N) is 2. The molecule has 0 aliphatic carbocycles. The summed E-state index contributed by atoms with van der Waals surface area (Å²) in [5.41, 5.74) is 0.753. The van der Waals surface area contributed by atoms with Crippen molar-refractivity contribution >= 4 is 57.6 Å². The predicted molar refractivity (Wildman–Crippen MR) is 96.8 cm³/mol. The number of anilines is 1. The van der Waals surface area contributed by atoms with Crippen LogP contribution in [0.3, 0.4) is 0 Å². The highest BCUT2D eigenvalue weighted by molar-refractivity contribution is 9.10. The number of amides is 2. The zero-order valence-electron chi connectivity index (χ0n) is 12.0. The Morgan fingerprint density at radius 2 is 2.00 bits per heavy atom. The van der Waals surface area contributed by atoms with Crippen molar-refractivity contribution in [3.05, 3.63) is 28.7 Å². The van der Waals surface area contributed by atoms with Crippen molar-refractivity contribution in [2.45, 2.75) is 0 Å². The van der Waals surface area contributed by atoms with Gasteiger partial charge in [0.25, 0.3) is 0 Å². The van der Waals surface area contributed by atoms with Crippen molar-refractivity contribution in [2.24, 2.45) is 0 Å². The molecule has 2 amide bonds. The van der Waals surface area contributed by atoms with Gasteiger partial charge >= 0.3 is 0 Å². The number of rotatable bonds is 5. The fourth-order valence-corrected chi connectivity index (χ4v) is 3.12. The van der Waals surface area contributed by atoms with Crippen molar-refractivity contribution in [3.63, 3.8) is 0 Å². The average Bonchev–Trinajstić information content (AvgIpc) is 2.48. The van der Waals surface area contributed by atoms with Gasteiger partial charge in [0.05, 0.1) is 11.5 Å². The maximum absolute atomic E-state index is 11.9. The lowest BCUT2D eigenvalue weighted by atomic mass is 10.3. The van der Waals surface area contributed by atoms with E-state index >= 15 is 0 Å². The summed E-state index contributed by atoms with van der Waals surface area (Å²) in [7, 11) is 0. The summed E-state index contributed by atoms with van der Waals surface area (Å²) in [6.45, 7) is 3.20. The number of piperazine rings is 1. The number of hydrogen-bond acceptors (Lipinski definition) is 4. The number of nitrogens with zero attached hydrogens (tertiary/aromatic N) is 1. The zero-order valence-corrected chi connectivity index (χ0v) is 15.2. The standard InChI is InChI=1S/C14H18BrN3O2S.ClH/c15-11-2-1-3-12(8-11)17-13(19)9-21-10-14(20)18-6-4-16-5-7-18;/h1-3,8,16H,4-7,9-10H2,(H,17,19);1H. The Labute approximate surface area is 149 Å². The first-order valence-corrected chi connectivity index (χ1v) is 8.71. The van der Waals surface area contributed by atoms with Crippen LogP contribution in [0.4, 0.5) is 5.69 Å². The first-order valence-electron chi connectivity index (χ1n) is 6.77. The lowest BCUT2D eigenvalue weighted by Crippen LogP contribution is -2.47. The van der Waals surface area contributed by atoms with Crippen LogP contribution in [0, 0.1) is 0 Å². The van der Waals surface area contributed by atoms with Crippen LogP contribution in [0.15, 0.2) is 28.7 Å². The van der Waals surface area contributed by atoms with E-state index in [0.29, 0.717) is 5.75 Å². The highest BCUT2D eigenvalue weighted by atomic mass is 79.9. The zero-order chi connectivity index (χ0) is 15.1. The maximum atomic E-state index is 11.9. The van der Waals surface area contributed by atoms with E-state index in [1.165, 1.54) is 11.8 Å². The summed E-state index contributed by atoms with van der Waals surface area (Å²) in [4.78, 5) is 25.6. The molecule has 0 spiro atoms. The van der Waals surface area contributed by atoms with Gasteiger partial charge in [-0.2, -0.15) is 0 Å². The van der Waals surface area contributed by atoms with E-state index in [1.54, 1.807) is 0 Å². The first kappa shape index (κ1) is 19.3. The molecule has 1 aliphatic rings. The van der Waals surface area contributed by atoms with Crippen molar-refractivity contribution in [2.75, 3.05) is 43.0 Å². The summed E-state index contributed by atoms with van der Waals surface area (Å²) >= 11 is 4.71. The number of carbonyl (C=O) groups is 2. The molecule has 122 valence electrons. The van der Waals surface area contributed by atoms with Crippen molar-refractivity contribution in [1.82, 2.24) is 10.2 Å². The Bertz CT molecular complexity index is 513. The molecule has 0 atom stereocenters. The molecule has 1 aliphatic heterocycles. The molecule has 8 heteroatoms. The van der Waals surface area contributed by atoms with Gasteiger partial charge in [-0.15, -0.1) is 24.2 Å². The fourth-order valence-electron chi connectivity index (χ4n) is 2.00. The summed E-state index contributed by atoms with van der Waals surface area (Å²) in [5, 5.41) is 6.02. The molecule has 2 N–H and O–H groups in total. The Morgan fingerprint density at radius 1 is 1.27 bits per heavy atom. The van der Waals surface area contributed by atoms with E-state index in [2.05, 4.69) is 26.6 Å². The molecular formula is C14H19BrClN3O2S. The van der Waals surface area contributed by atoms with E-state index in [9.17, 15) is 9.59 Å². The smallest absolute Gasteiger partial charge is 0.234 e. The minimum Gasteiger partial charge on any atom is -0.339 e. The van der Waals surface area contributed by atoms with Crippen LogP contribution in [0.2, 0.25) is 0 Å². The number of halogens is 2. The third-order valence-electron chi connectivity index (χ3n) is 3.04. The second-order valence-corrected chi connectivity index (χ2v) is 6.58. The highest BCUT2D eigenvalue weighted by Crippen LogP contribution is 2.16. The second kappa shape index (κ2) is 10.1. The third-order valence-corrected chi connectivity index (χ3v) is 4.45. The molecular weight excluding hydrogens is 390 g/mol. The van der Waals surface area contributed by atoms with Crippen molar-refractivity contribution in [1.29, 1.82) is 0 Å². The van der Waals surface area contributed by atoms with Gasteiger partial charge in [-0.3, -0.25) is 9.59 Å². The molecule has 1 saturated heterocycles. The van der Waals surface area contributed by atoms with E-state index in [1.807, 2.05) is 29.2 Å². The molecule has 22 heavy (non-hydrogen) atoms. The van der Waals surface area contributed by atoms with Gasteiger partial charge in [0.2, 0.25) is 11.8 Å². The molecule has 0 radical (unpaired) electrons. The molecule has 1 aromatic carbocycles. The number of carbonyl (C=O) groups excluding carboxylic acids is 2. The van der Waals surface area contributed by atoms with E-state index in [4.69, 9.17) is 0 Å². The lowest BCUT2D eigenvalue weighted by molar-refractivity contribution is -0.128. The summed E-state index contributed by atoms with van der Waals surface area (Å²) in [6, 6.07) is 7.44. The lowest BCUT2D eigenvalue weighted by Gasteiger charge is -2.27. The number of benzene rings is 1. The molecule has 1 heterocycles. The van der Waals surface area contributed by atoms with Crippen molar-refractivity contribution in [3.8, 4) is 0 Å². The van der Waals surface area contributed by atoms with E-state index in [0.717, 1.165) is 36.3 Å². The van der Waals surface area contributed by atoms with Gasteiger partial charge in [-0.1, -0.05) is 22.0 Å². The summed E-state index contributed by atoms with van der Waals surface area (Å²) in [6.07, 6.45) is 0. The van der Waals surface area contributed by atoms with Gasteiger partial charge in [-0.25, -0.2) is 0 Å². The van der Waals surface area contributed by atoms with Crippen LogP contribution in [-0.4, -0.2) is 54.4 Å². The maximum Gasteiger partial charge on any atom is 0.234 e. The molecule has 1 aromatic rings. The first-order chi connectivity index (χ1) is 10.1. The summed E-state index contributed by atoms with van der Waals surface area (Å²) in [5.74, 6) is 0.652. The van der Waals surface area contributed by atoms with Gasteiger partial charge < -0.3 is 15.5 Å². The molecule has 0 saturated carbocycles. The van der Waals surface area contributed by atoms with Crippen LogP contribution >= 0.6 is 40.1 Å². The van der Waals surface area contributed by atoms with Gasteiger partial charge in [0.15, 0.2) is 0 Å². The minimum atomic E-state index is -0.0915. The normalized spacial score (nSPS) is 14.1. The highest BCUT2D eigenvalue weighted by Gasteiger charge is 2.16. The van der Waals surface area contributed by atoms with Crippen molar-refractivity contribution < 1.29 is 9.59 Å². The number of hydrogen-bond donors (Lipinski definition) is 2.